The minimum absolute atomic E-state index is 0.413. The third-order valence-electron chi connectivity index (χ3n) is 3.41. The van der Waals surface area contributed by atoms with Crippen LogP contribution in [0.1, 0.15) is 22.5 Å². The van der Waals surface area contributed by atoms with Crippen LogP contribution in [0.2, 0.25) is 0 Å². The predicted octanol–water partition coefficient (Wildman–Crippen LogP) is 2.92. The average Bonchev–Trinajstić information content (AvgIpc) is 2.84. The summed E-state index contributed by atoms with van der Waals surface area (Å²) in [7, 11) is 3.84. The van der Waals surface area contributed by atoms with Crippen molar-refractivity contribution in [3.05, 3.63) is 39.8 Å². The maximum absolute atomic E-state index is 5.41. The van der Waals surface area contributed by atoms with Gasteiger partial charge in [0.15, 0.2) is 0 Å². The van der Waals surface area contributed by atoms with Crippen molar-refractivity contribution in [1.29, 1.82) is 0 Å². The van der Waals surface area contributed by atoms with Crippen LogP contribution in [0.25, 0.3) is 0 Å². The molecular weight excluding hydrogens is 270 g/mol. The number of methoxy groups -OCH3 is 1. The van der Waals surface area contributed by atoms with Crippen LogP contribution >= 0.6 is 11.3 Å². The summed E-state index contributed by atoms with van der Waals surface area (Å²) in [5.74, 6) is 0.958. The van der Waals surface area contributed by atoms with Crippen molar-refractivity contribution in [2.75, 3.05) is 14.2 Å². The lowest BCUT2D eigenvalue weighted by molar-refractivity contribution is 0.245. The summed E-state index contributed by atoms with van der Waals surface area (Å²) in [4.78, 5) is 2.30. The number of likely N-dealkylation sites (N-methyl/N-ethyl adjacent to an activating group) is 1. The monoisotopic (exact) mass is 291 g/mol. The fourth-order valence-electron chi connectivity index (χ4n) is 2.12. The lowest BCUT2D eigenvalue weighted by Gasteiger charge is -2.24. The molecule has 1 unspecified atom stereocenters. The molecule has 1 heterocycles. The standard InChI is InChI=1S/C15H21N3OS/c1-11(9-13-7-5-6-8-14(13)19-4)18(3)10-15-17-16-12(2)20-15/h5-8,11H,9-10H2,1-4H3. The SMILES string of the molecule is COc1ccccc1CC(C)N(C)Cc1nnc(C)s1. The van der Waals surface area contributed by atoms with E-state index in [9.17, 15) is 0 Å². The van der Waals surface area contributed by atoms with Gasteiger partial charge in [-0.2, -0.15) is 0 Å². The van der Waals surface area contributed by atoms with Crippen molar-refractivity contribution in [2.24, 2.45) is 0 Å². The molecule has 1 atom stereocenters. The molecular formula is C15H21N3OS. The highest BCUT2D eigenvalue weighted by molar-refractivity contribution is 7.11. The molecule has 0 aliphatic carbocycles. The Morgan fingerprint density at radius 2 is 2.05 bits per heavy atom. The predicted molar refractivity (Wildman–Crippen MR) is 82.3 cm³/mol. The molecule has 0 saturated heterocycles. The molecule has 0 bridgehead atoms. The number of hydrogen-bond acceptors (Lipinski definition) is 5. The first-order valence-corrected chi connectivity index (χ1v) is 7.53. The van der Waals surface area contributed by atoms with Crippen LogP contribution in [0.15, 0.2) is 24.3 Å². The molecule has 0 saturated carbocycles. The number of rotatable bonds is 6. The molecule has 0 radical (unpaired) electrons. The third-order valence-corrected chi connectivity index (χ3v) is 4.24. The Kier molecular flexibility index (Phi) is 5.09. The molecule has 1 aromatic heterocycles. The molecule has 0 amide bonds. The van der Waals surface area contributed by atoms with Gasteiger partial charge in [-0.3, -0.25) is 4.90 Å². The summed E-state index contributed by atoms with van der Waals surface area (Å²) in [5, 5.41) is 10.3. The second kappa shape index (κ2) is 6.81. The Labute approximate surface area is 124 Å². The molecule has 2 aromatic rings. The largest absolute Gasteiger partial charge is 0.496 e. The second-order valence-electron chi connectivity index (χ2n) is 4.99. The number of nitrogens with zero attached hydrogens (tertiary/aromatic N) is 3. The van der Waals surface area contributed by atoms with E-state index >= 15 is 0 Å². The molecule has 0 aliphatic rings. The van der Waals surface area contributed by atoms with E-state index in [1.807, 2.05) is 19.1 Å². The zero-order valence-electron chi connectivity index (χ0n) is 12.5. The Morgan fingerprint density at radius 3 is 2.70 bits per heavy atom. The van der Waals surface area contributed by atoms with E-state index in [1.165, 1.54) is 5.56 Å². The van der Waals surface area contributed by atoms with Gasteiger partial charge in [-0.15, -0.1) is 21.5 Å². The summed E-state index contributed by atoms with van der Waals surface area (Å²) in [5.41, 5.74) is 1.24. The van der Waals surface area contributed by atoms with Gasteiger partial charge in [-0.1, -0.05) is 18.2 Å². The number of aromatic nitrogens is 2. The molecule has 0 aliphatic heterocycles. The van der Waals surface area contributed by atoms with E-state index in [4.69, 9.17) is 4.74 Å². The first-order chi connectivity index (χ1) is 9.60. The highest BCUT2D eigenvalue weighted by atomic mass is 32.1. The Morgan fingerprint density at radius 1 is 1.30 bits per heavy atom. The van der Waals surface area contributed by atoms with Gasteiger partial charge in [0.05, 0.1) is 13.7 Å². The van der Waals surface area contributed by atoms with Crippen LogP contribution in [0.5, 0.6) is 5.75 Å². The number of hydrogen-bond donors (Lipinski definition) is 0. The maximum atomic E-state index is 5.41. The van der Waals surface area contributed by atoms with Crippen molar-refractivity contribution >= 4 is 11.3 Å². The molecule has 4 nitrogen and oxygen atoms in total. The normalized spacial score (nSPS) is 12.7. The van der Waals surface area contributed by atoms with Crippen LogP contribution in [-0.2, 0) is 13.0 Å². The molecule has 0 fully saturated rings. The van der Waals surface area contributed by atoms with E-state index in [1.54, 1.807) is 18.4 Å². The van der Waals surface area contributed by atoms with Crippen LogP contribution in [-0.4, -0.2) is 35.3 Å². The summed E-state index contributed by atoms with van der Waals surface area (Å²) in [6.45, 7) is 5.04. The van der Waals surface area contributed by atoms with Crippen LogP contribution in [0, 0.1) is 6.92 Å². The lowest BCUT2D eigenvalue weighted by atomic mass is 10.1. The van der Waals surface area contributed by atoms with Crippen LogP contribution in [0.4, 0.5) is 0 Å². The molecule has 5 heteroatoms. The number of para-hydroxylation sites is 1. The first kappa shape index (κ1) is 14.9. The van der Waals surface area contributed by atoms with E-state index in [-0.39, 0.29) is 0 Å². The van der Waals surface area contributed by atoms with Gasteiger partial charge in [0.2, 0.25) is 0 Å². The second-order valence-corrected chi connectivity index (χ2v) is 6.26. The number of aryl methyl sites for hydroxylation is 1. The van der Waals surface area contributed by atoms with Crippen molar-refractivity contribution in [1.82, 2.24) is 15.1 Å². The zero-order valence-corrected chi connectivity index (χ0v) is 13.3. The van der Waals surface area contributed by atoms with Crippen molar-refractivity contribution in [3.8, 4) is 5.75 Å². The molecule has 0 spiro atoms. The summed E-state index contributed by atoms with van der Waals surface area (Å²) >= 11 is 1.66. The zero-order chi connectivity index (χ0) is 14.5. The Hall–Kier alpha value is -1.46. The van der Waals surface area contributed by atoms with E-state index < -0.39 is 0 Å². The van der Waals surface area contributed by atoms with Gasteiger partial charge >= 0.3 is 0 Å². The fraction of sp³-hybridized carbons (Fsp3) is 0.467. The van der Waals surface area contributed by atoms with E-state index in [2.05, 4.69) is 41.2 Å². The minimum atomic E-state index is 0.413. The number of ether oxygens (including phenoxy) is 1. The van der Waals surface area contributed by atoms with Gasteiger partial charge in [-0.05, 0) is 38.9 Å². The molecule has 0 N–H and O–H groups in total. The topological polar surface area (TPSA) is 38.2 Å². The molecule has 1 aromatic carbocycles. The van der Waals surface area contributed by atoms with Gasteiger partial charge in [0.25, 0.3) is 0 Å². The number of benzene rings is 1. The van der Waals surface area contributed by atoms with Gasteiger partial charge in [-0.25, -0.2) is 0 Å². The van der Waals surface area contributed by atoms with Crippen molar-refractivity contribution in [2.45, 2.75) is 32.9 Å². The maximum Gasteiger partial charge on any atom is 0.131 e. The average molecular weight is 291 g/mol. The Bertz CT molecular complexity index is 556. The van der Waals surface area contributed by atoms with Gasteiger partial charge < -0.3 is 4.74 Å². The van der Waals surface area contributed by atoms with E-state index in [0.717, 1.165) is 28.7 Å². The molecule has 20 heavy (non-hydrogen) atoms. The Balaban J connectivity index is 1.98. The summed E-state index contributed by atoms with van der Waals surface area (Å²) in [6.07, 6.45) is 0.957. The minimum Gasteiger partial charge on any atom is -0.496 e. The molecule has 2 rings (SSSR count). The highest BCUT2D eigenvalue weighted by Gasteiger charge is 2.14. The van der Waals surface area contributed by atoms with E-state index in [0.29, 0.717) is 6.04 Å². The van der Waals surface area contributed by atoms with Crippen LogP contribution in [0.3, 0.4) is 0 Å². The quantitative estimate of drug-likeness (QED) is 0.820. The first-order valence-electron chi connectivity index (χ1n) is 6.71. The molecule has 108 valence electrons. The third kappa shape index (κ3) is 3.77. The smallest absolute Gasteiger partial charge is 0.131 e. The van der Waals surface area contributed by atoms with Gasteiger partial charge in [0.1, 0.15) is 15.8 Å². The highest BCUT2D eigenvalue weighted by Crippen LogP contribution is 2.21. The van der Waals surface area contributed by atoms with Gasteiger partial charge in [0, 0.05) is 6.04 Å². The summed E-state index contributed by atoms with van der Waals surface area (Å²) in [6, 6.07) is 8.60. The van der Waals surface area contributed by atoms with Crippen molar-refractivity contribution < 1.29 is 4.74 Å². The van der Waals surface area contributed by atoms with Crippen molar-refractivity contribution in [3.63, 3.8) is 0 Å². The summed E-state index contributed by atoms with van der Waals surface area (Å²) < 4.78 is 5.41. The van der Waals surface area contributed by atoms with Crippen LogP contribution < -0.4 is 4.74 Å². The lowest BCUT2D eigenvalue weighted by Crippen LogP contribution is -2.30. The fourth-order valence-corrected chi connectivity index (χ4v) is 2.89.